The van der Waals surface area contributed by atoms with Crippen LogP contribution in [0.4, 0.5) is 0 Å². The molecule has 0 radical (unpaired) electrons. The van der Waals surface area contributed by atoms with Crippen molar-refractivity contribution in [1.82, 2.24) is 5.48 Å². The van der Waals surface area contributed by atoms with Crippen LogP contribution in [0, 0.1) is 5.41 Å². The number of carbonyl (C=O) groups is 1. The largest absolute Gasteiger partial charge is 0.457 e. The Morgan fingerprint density at radius 3 is 2.44 bits per heavy atom. The molecule has 92 valence electrons. The predicted octanol–water partition coefficient (Wildman–Crippen LogP) is 1.79. The number of nitrogens with one attached hydrogen (secondary N) is 2. The Kier molecular flexibility index (Phi) is 5.74. The SMILES string of the molecule is C=C(CC(=N)ONCC)C(=O)OC(C)(C)C. The molecule has 16 heavy (non-hydrogen) atoms. The van der Waals surface area contributed by atoms with Crippen molar-refractivity contribution < 1.29 is 14.4 Å². The molecule has 0 fully saturated rings. The number of hydroxylamine groups is 1. The summed E-state index contributed by atoms with van der Waals surface area (Å²) >= 11 is 0. The molecule has 0 rings (SSSR count). The Labute approximate surface area is 96.3 Å². The second-order valence-corrected chi connectivity index (χ2v) is 4.31. The van der Waals surface area contributed by atoms with Gasteiger partial charge in [0.25, 0.3) is 0 Å². The zero-order chi connectivity index (χ0) is 12.8. The van der Waals surface area contributed by atoms with Crippen LogP contribution in [-0.2, 0) is 14.4 Å². The molecular formula is C11H20N2O3. The molecule has 5 heteroatoms. The molecule has 0 spiro atoms. The van der Waals surface area contributed by atoms with Gasteiger partial charge in [-0.25, -0.2) is 4.79 Å². The molecule has 0 amide bonds. The van der Waals surface area contributed by atoms with Gasteiger partial charge in [0.1, 0.15) is 5.60 Å². The van der Waals surface area contributed by atoms with Crippen molar-refractivity contribution in [1.29, 1.82) is 5.41 Å². The fourth-order valence-electron chi connectivity index (χ4n) is 0.812. The van der Waals surface area contributed by atoms with E-state index in [1.165, 1.54) is 0 Å². The third-order valence-corrected chi connectivity index (χ3v) is 1.40. The van der Waals surface area contributed by atoms with Gasteiger partial charge in [-0.1, -0.05) is 6.58 Å². The van der Waals surface area contributed by atoms with Crippen molar-refractivity contribution in [3.8, 4) is 0 Å². The van der Waals surface area contributed by atoms with Gasteiger partial charge in [0.05, 0.1) is 6.42 Å². The number of ether oxygens (including phenoxy) is 1. The van der Waals surface area contributed by atoms with Gasteiger partial charge in [0.15, 0.2) is 0 Å². The van der Waals surface area contributed by atoms with E-state index in [0.29, 0.717) is 6.54 Å². The molecule has 0 aromatic carbocycles. The van der Waals surface area contributed by atoms with Gasteiger partial charge < -0.3 is 9.57 Å². The van der Waals surface area contributed by atoms with Crippen LogP contribution in [0.15, 0.2) is 12.2 Å². The highest BCUT2D eigenvalue weighted by Crippen LogP contribution is 2.12. The predicted molar refractivity (Wildman–Crippen MR) is 62.1 cm³/mol. The maximum absolute atomic E-state index is 11.5. The van der Waals surface area contributed by atoms with E-state index in [-0.39, 0.29) is 17.9 Å². The average Bonchev–Trinajstić information content (AvgIpc) is 2.11. The number of rotatable bonds is 5. The molecule has 0 atom stereocenters. The second kappa shape index (κ2) is 6.27. The standard InChI is InChI=1S/C11H20N2O3/c1-6-13-16-9(12)7-8(2)10(14)15-11(3,4)5/h12-13H,2,6-7H2,1,3-5H3. The maximum Gasteiger partial charge on any atom is 0.334 e. The van der Waals surface area contributed by atoms with E-state index in [1.54, 1.807) is 20.8 Å². The first-order valence-corrected chi connectivity index (χ1v) is 5.14. The highest BCUT2D eigenvalue weighted by Gasteiger charge is 2.19. The highest BCUT2D eigenvalue weighted by atomic mass is 16.7. The van der Waals surface area contributed by atoms with E-state index in [0.717, 1.165) is 0 Å². The summed E-state index contributed by atoms with van der Waals surface area (Å²) in [6.45, 7) is 11.3. The summed E-state index contributed by atoms with van der Waals surface area (Å²) in [6.07, 6.45) is 0.0436. The number of hydrogen-bond donors (Lipinski definition) is 2. The van der Waals surface area contributed by atoms with E-state index in [1.807, 2.05) is 6.92 Å². The van der Waals surface area contributed by atoms with Gasteiger partial charge in [0, 0.05) is 12.1 Å². The van der Waals surface area contributed by atoms with E-state index in [9.17, 15) is 4.79 Å². The molecule has 0 heterocycles. The summed E-state index contributed by atoms with van der Waals surface area (Å²) in [5.41, 5.74) is 2.18. The van der Waals surface area contributed by atoms with Gasteiger partial charge in [-0.2, -0.15) is 5.48 Å². The molecule has 0 unspecified atom stereocenters. The summed E-state index contributed by atoms with van der Waals surface area (Å²) in [5.74, 6) is -0.560. The molecule has 0 saturated heterocycles. The second-order valence-electron chi connectivity index (χ2n) is 4.31. The minimum Gasteiger partial charge on any atom is -0.457 e. The molecule has 0 aliphatic carbocycles. The van der Waals surface area contributed by atoms with Gasteiger partial charge in [0.2, 0.25) is 5.90 Å². The molecule has 0 aliphatic rings. The zero-order valence-electron chi connectivity index (χ0n) is 10.3. The van der Waals surface area contributed by atoms with Gasteiger partial charge in [-0.15, -0.1) is 0 Å². The van der Waals surface area contributed by atoms with Crippen LogP contribution in [0.25, 0.3) is 0 Å². The Balaban J connectivity index is 4.06. The topological polar surface area (TPSA) is 71.4 Å². The van der Waals surface area contributed by atoms with E-state index in [4.69, 9.17) is 15.0 Å². The molecule has 2 N–H and O–H groups in total. The first-order chi connectivity index (χ1) is 7.26. The van der Waals surface area contributed by atoms with Crippen molar-refractivity contribution in [2.75, 3.05) is 6.54 Å². The quantitative estimate of drug-likeness (QED) is 0.247. The molecular weight excluding hydrogens is 208 g/mol. The van der Waals surface area contributed by atoms with Crippen LogP contribution >= 0.6 is 0 Å². The summed E-state index contributed by atoms with van der Waals surface area (Å²) in [4.78, 5) is 16.3. The monoisotopic (exact) mass is 228 g/mol. The van der Waals surface area contributed by atoms with Crippen LogP contribution in [0.1, 0.15) is 34.1 Å². The fraction of sp³-hybridized carbons (Fsp3) is 0.636. The third-order valence-electron chi connectivity index (χ3n) is 1.40. The van der Waals surface area contributed by atoms with Crippen molar-refractivity contribution >= 4 is 11.9 Å². The Morgan fingerprint density at radius 1 is 1.44 bits per heavy atom. The Morgan fingerprint density at radius 2 is 2.00 bits per heavy atom. The lowest BCUT2D eigenvalue weighted by Gasteiger charge is -2.20. The van der Waals surface area contributed by atoms with Crippen LogP contribution in [-0.4, -0.2) is 24.0 Å². The highest BCUT2D eigenvalue weighted by molar-refractivity contribution is 5.94. The molecule has 0 aromatic heterocycles. The first kappa shape index (κ1) is 14.6. The van der Waals surface area contributed by atoms with Gasteiger partial charge in [-0.05, 0) is 27.7 Å². The minimum absolute atomic E-state index is 0.0436. The summed E-state index contributed by atoms with van der Waals surface area (Å²) in [6, 6.07) is 0. The van der Waals surface area contributed by atoms with Crippen LogP contribution in [0.5, 0.6) is 0 Å². The first-order valence-electron chi connectivity index (χ1n) is 5.14. The van der Waals surface area contributed by atoms with Crippen molar-refractivity contribution in [2.45, 2.75) is 39.7 Å². The molecule has 5 nitrogen and oxygen atoms in total. The summed E-state index contributed by atoms with van der Waals surface area (Å²) in [5, 5.41) is 7.39. The van der Waals surface area contributed by atoms with E-state index < -0.39 is 11.6 Å². The molecule has 0 aliphatic heterocycles. The maximum atomic E-state index is 11.5. The van der Waals surface area contributed by atoms with E-state index >= 15 is 0 Å². The normalized spacial score (nSPS) is 10.8. The summed E-state index contributed by atoms with van der Waals surface area (Å²) < 4.78 is 5.09. The molecule has 0 aromatic rings. The van der Waals surface area contributed by atoms with Crippen molar-refractivity contribution in [2.24, 2.45) is 0 Å². The van der Waals surface area contributed by atoms with Gasteiger partial charge >= 0.3 is 5.97 Å². The Hall–Kier alpha value is -1.36. The lowest BCUT2D eigenvalue weighted by molar-refractivity contribution is -0.149. The minimum atomic E-state index is -0.551. The molecule has 0 saturated carbocycles. The number of carbonyl (C=O) groups excluding carboxylic acids is 1. The number of esters is 1. The Bertz CT molecular complexity index is 279. The fourth-order valence-corrected chi connectivity index (χ4v) is 0.812. The molecule has 0 bridgehead atoms. The zero-order valence-corrected chi connectivity index (χ0v) is 10.3. The van der Waals surface area contributed by atoms with Crippen LogP contribution in [0.2, 0.25) is 0 Å². The third kappa shape index (κ3) is 7.00. The van der Waals surface area contributed by atoms with Crippen molar-refractivity contribution in [3.05, 3.63) is 12.2 Å². The van der Waals surface area contributed by atoms with Crippen LogP contribution < -0.4 is 5.48 Å². The number of hydrogen-bond acceptors (Lipinski definition) is 5. The van der Waals surface area contributed by atoms with E-state index in [2.05, 4.69) is 12.1 Å². The van der Waals surface area contributed by atoms with Gasteiger partial charge in [-0.3, -0.25) is 5.41 Å². The lowest BCUT2D eigenvalue weighted by atomic mass is 10.1. The lowest BCUT2D eigenvalue weighted by Crippen LogP contribution is -2.26. The average molecular weight is 228 g/mol. The van der Waals surface area contributed by atoms with Crippen molar-refractivity contribution in [3.63, 3.8) is 0 Å². The summed E-state index contributed by atoms with van der Waals surface area (Å²) in [7, 11) is 0. The van der Waals surface area contributed by atoms with Crippen LogP contribution in [0.3, 0.4) is 0 Å². The smallest absolute Gasteiger partial charge is 0.334 e.